The third-order valence-corrected chi connectivity index (χ3v) is 0.753. The van der Waals surface area contributed by atoms with Crippen molar-refractivity contribution < 1.29 is 14.7 Å². The van der Waals surface area contributed by atoms with Crippen molar-refractivity contribution in [3.8, 4) is 6.01 Å². The van der Waals surface area contributed by atoms with Crippen molar-refractivity contribution in [2.24, 2.45) is 0 Å². The Hall–Kier alpha value is -1.14. The van der Waals surface area contributed by atoms with Crippen LogP contribution in [0.2, 0.25) is 0 Å². The van der Waals surface area contributed by atoms with Crippen molar-refractivity contribution >= 4 is 7.32 Å². The van der Waals surface area contributed by atoms with E-state index in [1.165, 1.54) is 12.4 Å². The van der Waals surface area contributed by atoms with Crippen molar-refractivity contribution in [1.82, 2.24) is 9.97 Å². The van der Waals surface area contributed by atoms with Crippen molar-refractivity contribution in [2.75, 3.05) is 0 Å². The van der Waals surface area contributed by atoms with Crippen LogP contribution in [0.25, 0.3) is 0 Å². The molecule has 52 valence electrons. The molecule has 0 radical (unpaired) electrons. The molecule has 0 saturated heterocycles. The number of hydrogen-bond donors (Lipinski definition) is 2. The van der Waals surface area contributed by atoms with Crippen molar-refractivity contribution in [3.63, 3.8) is 0 Å². The van der Waals surface area contributed by atoms with E-state index in [4.69, 9.17) is 10.0 Å². The summed E-state index contributed by atoms with van der Waals surface area (Å²) in [7, 11) is -1.86. The molecule has 0 bridgehead atoms. The summed E-state index contributed by atoms with van der Waals surface area (Å²) in [5, 5.41) is 16.5. The minimum Gasteiger partial charge on any atom is -0.483 e. The second-order valence-corrected chi connectivity index (χ2v) is 1.48. The number of hydrogen-bond acceptors (Lipinski definition) is 5. The Morgan fingerprint density at radius 2 is 1.90 bits per heavy atom. The molecule has 0 unspecified atom stereocenters. The van der Waals surface area contributed by atoms with Gasteiger partial charge in [0.05, 0.1) is 0 Å². The fourth-order valence-electron chi connectivity index (χ4n) is 0.441. The smallest absolute Gasteiger partial charge is 0.483 e. The molecule has 1 aromatic rings. The Kier molecular flexibility index (Phi) is 2.19. The zero-order chi connectivity index (χ0) is 7.40. The van der Waals surface area contributed by atoms with Gasteiger partial charge in [0.15, 0.2) is 0 Å². The molecule has 0 saturated carbocycles. The van der Waals surface area contributed by atoms with E-state index in [0.717, 1.165) is 0 Å². The van der Waals surface area contributed by atoms with Crippen LogP contribution in [0, 0.1) is 0 Å². The van der Waals surface area contributed by atoms with Gasteiger partial charge in [-0.3, -0.25) is 0 Å². The molecule has 0 amide bonds. The van der Waals surface area contributed by atoms with E-state index in [1.807, 2.05) is 0 Å². The molecule has 0 fully saturated rings. The van der Waals surface area contributed by atoms with Crippen LogP contribution in [0.1, 0.15) is 0 Å². The molecule has 6 heteroatoms. The summed E-state index contributed by atoms with van der Waals surface area (Å²) in [4.78, 5) is 7.13. The van der Waals surface area contributed by atoms with Crippen LogP contribution < -0.4 is 4.65 Å². The highest BCUT2D eigenvalue weighted by molar-refractivity contribution is 6.33. The zero-order valence-corrected chi connectivity index (χ0v) is 5.01. The van der Waals surface area contributed by atoms with Crippen LogP contribution in [0.3, 0.4) is 0 Å². The second kappa shape index (κ2) is 3.14. The largest absolute Gasteiger partial charge is 0.709 e. The van der Waals surface area contributed by atoms with Gasteiger partial charge in [0.1, 0.15) is 0 Å². The lowest BCUT2D eigenvalue weighted by Crippen LogP contribution is -2.21. The van der Waals surface area contributed by atoms with E-state index in [1.54, 1.807) is 6.07 Å². The summed E-state index contributed by atoms with van der Waals surface area (Å²) >= 11 is 0. The van der Waals surface area contributed by atoms with Crippen LogP contribution in [0.15, 0.2) is 18.5 Å². The first kappa shape index (κ1) is 6.98. The molecule has 0 aliphatic heterocycles. The second-order valence-electron chi connectivity index (χ2n) is 1.48. The summed E-state index contributed by atoms with van der Waals surface area (Å²) in [6, 6.07) is 1.54. The lowest BCUT2D eigenvalue weighted by Gasteiger charge is -1.98. The molecule has 0 spiro atoms. The average molecular weight is 140 g/mol. The normalized spacial score (nSPS) is 9.00. The summed E-state index contributed by atoms with van der Waals surface area (Å²) in [6.07, 6.45) is 2.87. The SMILES string of the molecule is OB(O)Oc1ncccn1. The first-order chi connectivity index (χ1) is 4.79. The predicted molar refractivity (Wildman–Crippen MR) is 32.9 cm³/mol. The van der Waals surface area contributed by atoms with E-state index < -0.39 is 7.32 Å². The summed E-state index contributed by atoms with van der Waals surface area (Å²) in [5.41, 5.74) is 0. The van der Waals surface area contributed by atoms with E-state index >= 15 is 0 Å². The fourth-order valence-corrected chi connectivity index (χ4v) is 0.441. The Balaban J connectivity index is 2.59. The van der Waals surface area contributed by atoms with Gasteiger partial charge in [0.2, 0.25) is 0 Å². The molecule has 0 aliphatic rings. The Bertz CT molecular complexity index is 193. The van der Waals surface area contributed by atoms with Crippen LogP contribution in [0.4, 0.5) is 0 Å². The van der Waals surface area contributed by atoms with Crippen molar-refractivity contribution in [3.05, 3.63) is 18.5 Å². The highest BCUT2D eigenvalue weighted by Gasteiger charge is 2.11. The maximum Gasteiger partial charge on any atom is 0.709 e. The quantitative estimate of drug-likeness (QED) is 0.506. The standard InChI is InChI=1S/C4H5BN2O3/c8-5(9)10-4-6-2-1-3-7-4/h1-3,8-9H. The topological polar surface area (TPSA) is 75.5 Å². The summed E-state index contributed by atoms with van der Waals surface area (Å²) in [6.45, 7) is 0. The van der Waals surface area contributed by atoms with E-state index in [-0.39, 0.29) is 6.01 Å². The molecule has 0 aliphatic carbocycles. The third kappa shape index (κ3) is 2.00. The lowest BCUT2D eigenvalue weighted by atomic mass is 10.3. The fraction of sp³-hybridized carbons (Fsp3) is 0. The molecule has 0 aromatic carbocycles. The van der Waals surface area contributed by atoms with Gasteiger partial charge in [-0.25, -0.2) is 9.97 Å². The molecule has 2 N–H and O–H groups in total. The molecule has 1 heterocycles. The Labute approximate surface area is 57.5 Å². The first-order valence-electron chi connectivity index (χ1n) is 2.59. The van der Waals surface area contributed by atoms with Gasteiger partial charge in [-0.05, 0) is 6.07 Å². The van der Waals surface area contributed by atoms with Crippen molar-refractivity contribution in [1.29, 1.82) is 0 Å². The molecule has 5 nitrogen and oxygen atoms in total. The third-order valence-electron chi connectivity index (χ3n) is 0.753. The lowest BCUT2D eigenvalue weighted by molar-refractivity contribution is 0.278. The monoisotopic (exact) mass is 140 g/mol. The van der Waals surface area contributed by atoms with Gasteiger partial charge in [-0.15, -0.1) is 0 Å². The highest BCUT2D eigenvalue weighted by atomic mass is 16.6. The van der Waals surface area contributed by atoms with E-state index in [9.17, 15) is 0 Å². The zero-order valence-electron chi connectivity index (χ0n) is 5.01. The molecule has 1 rings (SSSR count). The summed E-state index contributed by atoms with van der Waals surface area (Å²) < 4.78 is 4.30. The van der Waals surface area contributed by atoms with Gasteiger partial charge < -0.3 is 14.7 Å². The maximum absolute atomic E-state index is 8.26. The maximum atomic E-state index is 8.26. The minimum atomic E-state index is -1.86. The van der Waals surface area contributed by atoms with E-state index in [2.05, 4.69) is 14.6 Å². The Morgan fingerprint density at radius 3 is 2.40 bits per heavy atom. The van der Waals surface area contributed by atoms with Crippen molar-refractivity contribution in [2.45, 2.75) is 0 Å². The van der Waals surface area contributed by atoms with Crippen LogP contribution in [-0.2, 0) is 0 Å². The van der Waals surface area contributed by atoms with Gasteiger partial charge in [0, 0.05) is 12.4 Å². The Morgan fingerprint density at radius 1 is 1.30 bits per heavy atom. The molecular formula is C4H5BN2O3. The predicted octanol–water partition coefficient (Wildman–Crippen LogP) is -1.18. The number of aromatic nitrogens is 2. The van der Waals surface area contributed by atoms with Gasteiger partial charge in [-0.2, -0.15) is 0 Å². The number of nitrogens with zero attached hydrogens (tertiary/aromatic N) is 2. The molecular weight excluding hydrogens is 135 g/mol. The molecule has 1 aromatic heterocycles. The van der Waals surface area contributed by atoms with Gasteiger partial charge in [-0.1, -0.05) is 0 Å². The molecule has 10 heavy (non-hydrogen) atoms. The van der Waals surface area contributed by atoms with E-state index in [0.29, 0.717) is 0 Å². The van der Waals surface area contributed by atoms with Crippen LogP contribution in [0.5, 0.6) is 6.01 Å². The van der Waals surface area contributed by atoms with Gasteiger partial charge >= 0.3 is 13.3 Å². The van der Waals surface area contributed by atoms with Crippen LogP contribution in [-0.4, -0.2) is 27.3 Å². The first-order valence-corrected chi connectivity index (χ1v) is 2.59. The van der Waals surface area contributed by atoms with Gasteiger partial charge in [0.25, 0.3) is 0 Å². The highest BCUT2D eigenvalue weighted by Crippen LogP contribution is 1.96. The number of rotatable bonds is 2. The minimum absolute atomic E-state index is 0.0579. The molecule has 0 atom stereocenters. The van der Waals surface area contributed by atoms with Crippen LogP contribution >= 0.6 is 0 Å². The average Bonchev–Trinajstić information content (AvgIpc) is 1.88. The summed E-state index contributed by atoms with van der Waals surface area (Å²) in [5.74, 6) is 0.